The van der Waals surface area contributed by atoms with E-state index in [1.165, 1.54) is 4.90 Å². The van der Waals surface area contributed by atoms with Crippen LogP contribution in [0.1, 0.15) is 112 Å². The van der Waals surface area contributed by atoms with Gasteiger partial charge in [0, 0.05) is 13.0 Å². The molecule has 1 aliphatic rings. The van der Waals surface area contributed by atoms with Crippen LogP contribution < -0.4 is 0 Å². The number of rotatable bonds is 18. The molecule has 1 fully saturated rings. The maximum atomic E-state index is 13.6. The Morgan fingerprint density at radius 3 is 2.14 bits per heavy atom. The normalized spacial score (nSPS) is 20.2. The smallest absolute Gasteiger partial charge is 0.339 e. The van der Waals surface area contributed by atoms with Crippen LogP contribution in [0.2, 0.25) is 0 Å². The van der Waals surface area contributed by atoms with Crippen molar-refractivity contribution in [2.45, 2.75) is 123 Å². The molecule has 1 amide bonds. The van der Waals surface area contributed by atoms with Crippen molar-refractivity contribution in [1.29, 1.82) is 0 Å². The van der Waals surface area contributed by atoms with Gasteiger partial charge in [0.1, 0.15) is 5.41 Å². The highest BCUT2D eigenvalue weighted by molar-refractivity contribution is 6.25. The van der Waals surface area contributed by atoms with Gasteiger partial charge in [-0.3, -0.25) is 14.4 Å². The van der Waals surface area contributed by atoms with Crippen LogP contribution in [0.5, 0.6) is 0 Å². The minimum absolute atomic E-state index is 0.107. The van der Waals surface area contributed by atoms with Gasteiger partial charge in [-0.05, 0) is 53.4 Å². The Labute approximate surface area is 211 Å². The molecule has 1 heterocycles. The lowest BCUT2D eigenvalue weighted by Crippen LogP contribution is -2.57. The summed E-state index contributed by atoms with van der Waals surface area (Å²) in [5.41, 5.74) is -3.00. The number of aliphatic hydroxyl groups excluding tert-OH is 1. The number of carbonyl (C=O) groups is 4. The average Bonchev–Trinajstić information content (AvgIpc) is 2.95. The number of ketones is 1. The first-order chi connectivity index (χ1) is 16.6. The van der Waals surface area contributed by atoms with Crippen molar-refractivity contribution in [2.24, 2.45) is 5.41 Å². The first kappa shape index (κ1) is 31.1. The van der Waals surface area contributed by atoms with E-state index in [2.05, 4.69) is 6.92 Å². The number of likely N-dealkylation sites (tertiary alicyclic amines) is 1. The Morgan fingerprint density at radius 2 is 1.51 bits per heavy atom. The number of nitrogens with zero attached hydrogens (tertiary/aromatic N) is 1. The van der Waals surface area contributed by atoms with Crippen molar-refractivity contribution in [3.05, 3.63) is 0 Å². The molecule has 202 valence electrons. The standard InChI is InChI=1S/C27H47NO7/c1-6-9-10-13-16-21(29)18-20-28-24(32)26(4,5)23(31)27(28,25(33)35-8-3)19-15-12-11-14-17-22(30)34-7-2/h21,29H,6-20H2,1-5H3. The van der Waals surface area contributed by atoms with Crippen molar-refractivity contribution in [2.75, 3.05) is 19.8 Å². The molecule has 0 aliphatic carbocycles. The molecule has 0 aromatic rings. The van der Waals surface area contributed by atoms with E-state index in [4.69, 9.17) is 9.47 Å². The van der Waals surface area contributed by atoms with Crippen LogP contribution in [-0.2, 0) is 28.7 Å². The van der Waals surface area contributed by atoms with Gasteiger partial charge in [0.25, 0.3) is 0 Å². The Bertz CT molecular complexity index is 706. The third kappa shape index (κ3) is 8.29. The van der Waals surface area contributed by atoms with E-state index in [0.717, 1.165) is 32.1 Å². The minimum atomic E-state index is -1.67. The van der Waals surface area contributed by atoms with E-state index in [0.29, 0.717) is 45.1 Å². The summed E-state index contributed by atoms with van der Waals surface area (Å²) in [6.45, 7) is 9.29. The predicted molar refractivity (Wildman–Crippen MR) is 134 cm³/mol. The summed E-state index contributed by atoms with van der Waals surface area (Å²) in [6.07, 6.45) is 7.68. The number of carbonyl (C=O) groups excluding carboxylic acids is 4. The second kappa shape index (κ2) is 15.2. The number of esters is 2. The van der Waals surface area contributed by atoms with Crippen LogP contribution >= 0.6 is 0 Å². The lowest BCUT2D eigenvalue weighted by atomic mass is 9.79. The molecule has 1 rings (SSSR count). The maximum Gasteiger partial charge on any atom is 0.339 e. The Kier molecular flexibility index (Phi) is 13.5. The number of ether oxygens (including phenoxy) is 2. The van der Waals surface area contributed by atoms with Gasteiger partial charge in [0.2, 0.25) is 11.4 Å². The molecule has 2 atom stereocenters. The highest BCUT2D eigenvalue weighted by Crippen LogP contribution is 2.43. The van der Waals surface area contributed by atoms with Gasteiger partial charge >= 0.3 is 11.9 Å². The third-order valence-corrected chi connectivity index (χ3v) is 6.85. The molecule has 8 heteroatoms. The lowest BCUT2D eigenvalue weighted by molar-refractivity contribution is -0.163. The van der Waals surface area contributed by atoms with E-state index in [1.807, 2.05) is 0 Å². The van der Waals surface area contributed by atoms with Gasteiger partial charge in [-0.25, -0.2) is 4.79 Å². The summed E-state index contributed by atoms with van der Waals surface area (Å²) >= 11 is 0. The molecule has 1 aliphatic heterocycles. The van der Waals surface area contributed by atoms with Gasteiger partial charge in [-0.15, -0.1) is 0 Å². The highest BCUT2D eigenvalue weighted by atomic mass is 16.5. The molecule has 0 saturated carbocycles. The van der Waals surface area contributed by atoms with E-state index < -0.39 is 34.7 Å². The summed E-state index contributed by atoms with van der Waals surface area (Å²) < 4.78 is 10.3. The zero-order valence-corrected chi connectivity index (χ0v) is 22.5. The number of Topliss-reactive ketones (excluding diaryl/α,β-unsaturated/α-hetero) is 1. The summed E-state index contributed by atoms with van der Waals surface area (Å²) in [7, 11) is 0. The number of amides is 1. The van der Waals surface area contributed by atoms with Crippen LogP contribution in [0, 0.1) is 5.41 Å². The fourth-order valence-corrected chi connectivity index (χ4v) is 4.81. The lowest BCUT2D eigenvalue weighted by Gasteiger charge is -2.35. The topological polar surface area (TPSA) is 110 Å². The van der Waals surface area contributed by atoms with Crippen molar-refractivity contribution in [3.8, 4) is 0 Å². The first-order valence-corrected chi connectivity index (χ1v) is 13.5. The minimum Gasteiger partial charge on any atom is -0.466 e. The number of hydrogen-bond acceptors (Lipinski definition) is 7. The van der Waals surface area contributed by atoms with Crippen LogP contribution in [-0.4, -0.2) is 65.0 Å². The van der Waals surface area contributed by atoms with Gasteiger partial charge in [-0.1, -0.05) is 51.9 Å². The van der Waals surface area contributed by atoms with E-state index >= 15 is 0 Å². The fraction of sp³-hybridized carbons (Fsp3) is 0.852. The van der Waals surface area contributed by atoms with Gasteiger partial charge in [0.15, 0.2) is 5.78 Å². The van der Waals surface area contributed by atoms with Crippen LogP contribution in [0.4, 0.5) is 0 Å². The zero-order valence-electron chi connectivity index (χ0n) is 22.5. The summed E-state index contributed by atoms with van der Waals surface area (Å²) in [6, 6.07) is 0. The molecular weight excluding hydrogens is 450 g/mol. The van der Waals surface area contributed by atoms with E-state index in [-0.39, 0.29) is 25.5 Å². The molecule has 0 spiro atoms. The maximum absolute atomic E-state index is 13.6. The molecule has 2 unspecified atom stereocenters. The van der Waals surface area contributed by atoms with Crippen molar-refractivity contribution < 1.29 is 33.8 Å². The summed E-state index contributed by atoms with van der Waals surface area (Å²) in [5, 5.41) is 10.5. The van der Waals surface area contributed by atoms with Gasteiger partial charge in [-0.2, -0.15) is 0 Å². The molecule has 0 bridgehead atoms. The molecular formula is C27H47NO7. The predicted octanol–water partition coefficient (Wildman–Crippen LogP) is 4.35. The number of aliphatic hydroxyl groups is 1. The number of hydrogen-bond donors (Lipinski definition) is 1. The molecule has 0 aromatic heterocycles. The molecule has 0 aromatic carbocycles. The SMILES string of the molecule is CCCCCCC(O)CCN1C(=O)C(C)(C)C(=O)C1(CCCCCCC(=O)OCC)C(=O)OCC. The first-order valence-electron chi connectivity index (χ1n) is 13.5. The third-order valence-electron chi connectivity index (χ3n) is 6.85. The second-order valence-electron chi connectivity index (χ2n) is 10.0. The molecule has 0 radical (unpaired) electrons. The van der Waals surface area contributed by atoms with E-state index in [1.54, 1.807) is 27.7 Å². The fourth-order valence-electron chi connectivity index (χ4n) is 4.81. The average molecular weight is 498 g/mol. The highest BCUT2D eigenvalue weighted by Gasteiger charge is 2.66. The molecule has 8 nitrogen and oxygen atoms in total. The van der Waals surface area contributed by atoms with Crippen LogP contribution in [0.15, 0.2) is 0 Å². The Morgan fingerprint density at radius 1 is 0.886 bits per heavy atom. The van der Waals surface area contributed by atoms with Gasteiger partial charge < -0.3 is 19.5 Å². The number of unbranched alkanes of at least 4 members (excludes halogenated alkanes) is 6. The monoisotopic (exact) mass is 497 g/mol. The zero-order chi connectivity index (χ0) is 26.5. The second-order valence-corrected chi connectivity index (χ2v) is 10.0. The van der Waals surface area contributed by atoms with E-state index in [9.17, 15) is 24.3 Å². The van der Waals surface area contributed by atoms with Crippen molar-refractivity contribution in [3.63, 3.8) is 0 Å². The Hall–Kier alpha value is -1.96. The van der Waals surface area contributed by atoms with Crippen molar-refractivity contribution in [1.82, 2.24) is 4.90 Å². The van der Waals surface area contributed by atoms with Crippen LogP contribution in [0.3, 0.4) is 0 Å². The van der Waals surface area contributed by atoms with Crippen molar-refractivity contribution >= 4 is 23.6 Å². The van der Waals surface area contributed by atoms with Gasteiger partial charge in [0.05, 0.1) is 19.3 Å². The quantitative estimate of drug-likeness (QED) is 0.170. The summed E-state index contributed by atoms with van der Waals surface area (Å²) in [4.78, 5) is 53.0. The largest absolute Gasteiger partial charge is 0.466 e. The molecule has 1 saturated heterocycles. The van der Waals surface area contributed by atoms with Crippen LogP contribution in [0.25, 0.3) is 0 Å². The summed E-state index contributed by atoms with van der Waals surface area (Å²) in [5.74, 6) is -1.74. The molecule has 1 N–H and O–H groups in total. The Balaban J connectivity index is 2.92. The molecule has 35 heavy (non-hydrogen) atoms.